The lowest BCUT2D eigenvalue weighted by atomic mass is 9.88. The molecule has 10 heterocycles. The van der Waals surface area contributed by atoms with Gasteiger partial charge in [0.1, 0.15) is 232 Å². The van der Waals surface area contributed by atoms with Crippen LogP contribution in [0.15, 0.2) is 0 Å². The van der Waals surface area contributed by atoms with Gasteiger partial charge in [-0.2, -0.15) is 0 Å². The lowest BCUT2D eigenvalue weighted by Gasteiger charge is -2.52. The van der Waals surface area contributed by atoms with Crippen LogP contribution in [0.4, 0.5) is 0 Å². The Morgan fingerprint density at radius 3 is 1.09 bits per heavy atom. The maximum atomic E-state index is 13.4. The van der Waals surface area contributed by atoms with Gasteiger partial charge in [-0.15, -0.1) is 0 Å². The van der Waals surface area contributed by atoms with Crippen LogP contribution >= 0.6 is 0 Å². The Morgan fingerprint density at radius 2 is 0.657 bits per heavy atom. The molecular weight excluding hydrogens is 1830 g/mol. The van der Waals surface area contributed by atoms with Crippen LogP contribution < -0.4 is 31.9 Å². The van der Waals surface area contributed by atoms with Crippen LogP contribution in [0, 0.1) is 0 Å². The molecule has 0 aromatic rings. The Kier molecular flexibility index (Phi) is 39.4. The number of nitrogens with one attached hydrogen (secondary N) is 6. The molecule has 51 atom stereocenters. The van der Waals surface area contributed by atoms with Crippen LogP contribution in [0.2, 0.25) is 0 Å². The van der Waals surface area contributed by atoms with E-state index in [9.17, 15) is 171 Å². The van der Waals surface area contributed by atoms with Crippen LogP contribution in [-0.4, -0.2) is 551 Å². The minimum absolute atomic E-state index is 0.875. The van der Waals surface area contributed by atoms with Crippen molar-refractivity contribution < 1.29 is 261 Å². The minimum Gasteiger partial charge on any atom is -0.477 e. The first-order valence-corrected chi connectivity index (χ1v) is 42.6. The number of carbonyl (C=O) groups is 7. The van der Waals surface area contributed by atoms with Gasteiger partial charge in [0, 0.05) is 48.0 Å². The van der Waals surface area contributed by atoms with Crippen molar-refractivity contribution in [1.29, 1.82) is 0 Å². The number of amides is 6. The van der Waals surface area contributed by atoms with Gasteiger partial charge in [0.15, 0.2) is 56.6 Å². The van der Waals surface area contributed by atoms with E-state index in [2.05, 4.69) is 31.9 Å². The zero-order valence-corrected chi connectivity index (χ0v) is 72.6. The lowest BCUT2D eigenvalue weighted by molar-refractivity contribution is -0.390. The fourth-order valence-electron chi connectivity index (χ4n) is 17.4. The Labute approximate surface area is 759 Å². The van der Waals surface area contributed by atoms with E-state index in [1.807, 2.05) is 0 Å². The summed E-state index contributed by atoms with van der Waals surface area (Å²) in [4.78, 5) is 90.8. The molecule has 6 amide bonds. The molecule has 10 aliphatic rings. The molecule has 0 unspecified atom stereocenters. The third-order valence-electron chi connectivity index (χ3n) is 24.2. The topological polar surface area (TPSA) is 913 Å². The quantitative estimate of drug-likeness (QED) is 0.0277. The first kappa shape index (κ1) is 110. The van der Waals surface area contributed by atoms with Crippen LogP contribution in [0.3, 0.4) is 0 Å². The maximum absolute atomic E-state index is 13.4. The zero-order valence-electron chi connectivity index (χ0n) is 72.6. The number of aliphatic carboxylic acids is 1. The van der Waals surface area contributed by atoms with Crippen molar-refractivity contribution in [2.24, 2.45) is 0 Å². The third-order valence-corrected chi connectivity index (χ3v) is 24.2. The molecule has 10 rings (SSSR count). The van der Waals surface area contributed by atoms with Crippen LogP contribution in [0.25, 0.3) is 0 Å². The second kappa shape index (κ2) is 47.8. The number of carboxylic acids is 1. The van der Waals surface area contributed by atoms with Crippen molar-refractivity contribution in [2.45, 2.75) is 367 Å². The van der Waals surface area contributed by atoms with Crippen molar-refractivity contribution in [2.75, 3.05) is 59.5 Å². The van der Waals surface area contributed by atoms with E-state index in [4.69, 9.17) is 90.0 Å². The molecule has 0 aromatic carbocycles. The summed E-state index contributed by atoms with van der Waals surface area (Å²) in [5.74, 6) is -11.1. The van der Waals surface area contributed by atoms with Gasteiger partial charge < -0.3 is 260 Å². The summed E-state index contributed by atoms with van der Waals surface area (Å²) in [5.41, 5.74) is 0. The molecule has 0 saturated carbocycles. The summed E-state index contributed by atoms with van der Waals surface area (Å²) < 4.78 is 112. The fraction of sp³-hybridized carbons (Fsp3) is 0.907. The van der Waals surface area contributed by atoms with E-state index in [1.165, 1.54) is 6.92 Å². The molecule has 134 heavy (non-hydrogen) atoms. The molecule has 0 radical (unpaired) electrons. The molecule has 59 nitrogen and oxygen atoms in total. The molecule has 10 aliphatic heterocycles. The van der Waals surface area contributed by atoms with Crippen LogP contribution in [0.1, 0.15) is 54.9 Å². The number of rotatable bonds is 36. The molecular formula is C75H124N6O53. The number of hydrogen-bond donors (Lipinski definition) is 33. The summed E-state index contributed by atoms with van der Waals surface area (Å²) in [7, 11) is 0. The van der Waals surface area contributed by atoms with Gasteiger partial charge in [-0.1, -0.05) is 0 Å². The van der Waals surface area contributed by atoms with E-state index in [-0.39, 0.29) is 0 Å². The normalized spacial score (nSPS) is 46.7. The summed E-state index contributed by atoms with van der Waals surface area (Å²) >= 11 is 0. The van der Waals surface area contributed by atoms with E-state index in [0.29, 0.717) is 0 Å². The molecule has 10 fully saturated rings. The van der Waals surface area contributed by atoms with Crippen LogP contribution in [0.5, 0.6) is 0 Å². The Morgan fingerprint density at radius 1 is 0.321 bits per heavy atom. The highest BCUT2D eigenvalue weighted by Gasteiger charge is 2.64. The van der Waals surface area contributed by atoms with Gasteiger partial charge in [-0.05, 0) is 6.92 Å². The molecule has 0 aromatic heterocycles. The molecule has 10 saturated heterocycles. The van der Waals surface area contributed by atoms with Gasteiger partial charge in [-0.25, -0.2) is 4.79 Å². The van der Waals surface area contributed by atoms with Crippen molar-refractivity contribution in [3.05, 3.63) is 0 Å². The Hall–Kier alpha value is -5.51. The van der Waals surface area contributed by atoms with Crippen LogP contribution in [-0.2, 0) is 124 Å². The van der Waals surface area contributed by atoms with E-state index < -0.39 is 420 Å². The predicted octanol–water partition coefficient (Wildman–Crippen LogP) is -21.7. The second-order valence-electron chi connectivity index (χ2n) is 33.9. The predicted molar refractivity (Wildman–Crippen MR) is 415 cm³/mol. The average Bonchev–Trinajstić information content (AvgIpc) is 0.750. The smallest absolute Gasteiger partial charge is 0.364 e. The van der Waals surface area contributed by atoms with E-state index in [1.54, 1.807) is 0 Å². The van der Waals surface area contributed by atoms with Gasteiger partial charge in [0.25, 0.3) is 5.79 Å². The van der Waals surface area contributed by atoms with Gasteiger partial charge in [-0.3, -0.25) is 28.8 Å². The zero-order chi connectivity index (χ0) is 99.2. The molecule has 772 valence electrons. The van der Waals surface area contributed by atoms with Gasteiger partial charge in [0.2, 0.25) is 35.4 Å². The third kappa shape index (κ3) is 24.6. The fourth-order valence-corrected chi connectivity index (χ4v) is 17.4. The number of ether oxygens (including phenoxy) is 19. The number of aliphatic hydroxyl groups excluding tert-OH is 26. The Balaban J connectivity index is 0.839. The largest absolute Gasteiger partial charge is 0.477 e. The Bertz CT molecular complexity index is 3800. The monoisotopic (exact) mass is 1960 g/mol. The van der Waals surface area contributed by atoms with Gasteiger partial charge >= 0.3 is 5.97 Å². The number of aliphatic hydroxyl groups is 26. The van der Waals surface area contributed by atoms with Crippen molar-refractivity contribution >= 4 is 41.4 Å². The molecule has 0 aliphatic carbocycles. The first-order chi connectivity index (χ1) is 63.2. The summed E-state index contributed by atoms with van der Waals surface area (Å²) in [6.45, 7) is -3.42. The highest BCUT2D eigenvalue weighted by Crippen LogP contribution is 2.43. The molecule has 0 spiro atoms. The van der Waals surface area contributed by atoms with E-state index >= 15 is 0 Å². The standard InChI is InChI=1S/C75H124N6O53/c1-18-41(98)51(108)53(110)70(117-18)132-64-52(109)43(100)27(10-83)122-73(64)128-58-33(16-89)125-68(38(50(58)107)79-22(5)93)130-62-45(102)29(12-85)120-71(54(62)111)126-56-31(14-87)123-66(36(48(56)105)77-20(3)91)116-17-34-47(104)59(39(65(113)118-34)80-23(6)94)129-67-37(78-21(4)92)49(106)57(32(15-88)124-67)127-72-55(112)63(46(103)30(13-86)121-72)131-69-40(81-24(7)95)61(44(101)28(11-84)119-69)134-75(74(114)115)8-25(96)35(76-19(2)90)60(133-75)42(99)26(97)9-82/h18,25-73,82-89,96-113H,8-17H2,1-7H3,(H,76,90)(H,77,91)(H,78,92)(H,79,93)(H,80,94)(H,81,95)(H,114,115)/t18-,25-,26+,27+,28+,29+,30+,31+,32+,33+,34+,35+,36+,37+,38+,39+,40+,41+,42+,43-,44+,45-,46-,47-,48+,49+,50+,51+,52-,53-,54+,55+,56+,57+,58+,59+,60+,61+,62-,63-,64+,65-,66+,67-,68-,69-,70-,71-,72-,73-,75-/m0/s1. The van der Waals surface area contributed by atoms with Gasteiger partial charge in [0.05, 0.1) is 77.7 Å². The first-order valence-electron chi connectivity index (χ1n) is 42.6. The van der Waals surface area contributed by atoms with Crippen molar-refractivity contribution in [3.63, 3.8) is 0 Å². The van der Waals surface area contributed by atoms with E-state index in [0.717, 1.165) is 41.5 Å². The highest BCUT2D eigenvalue weighted by atomic mass is 16.8. The summed E-state index contributed by atoms with van der Waals surface area (Å²) in [6, 6.07) is -11.5. The lowest BCUT2D eigenvalue weighted by Crippen LogP contribution is -2.72. The summed E-state index contributed by atoms with van der Waals surface area (Å²) in [5, 5.41) is 316. The summed E-state index contributed by atoms with van der Waals surface area (Å²) in [6.07, 6.45) is -92.4. The number of carboxylic acid groups (broad SMARTS) is 1. The number of carbonyl (C=O) groups excluding carboxylic acids is 6. The van der Waals surface area contributed by atoms with Crippen molar-refractivity contribution in [1.82, 2.24) is 31.9 Å². The second-order valence-corrected chi connectivity index (χ2v) is 33.9. The molecule has 59 heteroatoms. The highest BCUT2D eigenvalue weighted by molar-refractivity contribution is 5.77. The van der Waals surface area contributed by atoms with Crippen molar-refractivity contribution in [3.8, 4) is 0 Å². The average molecular weight is 1960 g/mol. The maximum Gasteiger partial charge on any atom is 0.364 e. The SMILES string of the molecule is CC(=O)N[C@@H]1[C@@H](O[C@@H]2O[C@H](CO)[C@@H](O[C@@H]3O[C@H](CO)[C@H](O)[C@H](O[C@@H]4O[C@H](CO)[C@@H](O)[C@H](O[C@]5(C(=O)O)C[C@H](O)[C@@H](NC(C)=O)[C@H]([C@H](O)[C@H](O)CO)O5)[C@H]4NC(C)=O)[C@H]3O)[C@H](O)[C@H]2NC(C)=O)[C@@H](O)[C@@H](CO[C@@H]2O[C@H](CO)[C@@H](O[C@@H]3O[C@H](CO)[C@H](O)[C@H](O[C@@H]4O[C@H](CO)[C@@H](O[C@@H]5O[C@H](CO)[C@H](O)[C@H](O)[C@H]5O[C@@H]5O[C@@H](C)[C@@H](O)[C@@H](O)[C@@H]5O)[C@H](O)[C@H]4NC(C)=O)[C@H]3O)[C@H](O)[C@H]2NC(C)=O)O[C@@H]1O. The molecule has 0 bridgehead atoms. The number of hydrogen-bond acceptors (Lipinski definition) is 52. The minimum atomic E-state index is -3.29. The molecule has 33 N–H and O–H groups in total.